The molecule has 0 bridgehead atoms. The lowest BCUT2D eigenvalue weighted by molar-refractivity contribution is -0.143. The van der Waals surface area contributed by atoms with Gasteiger partial charge in [-0.2, -0.15) is 0 Å². The summed E-state index contributed by atoms with van der Waals surface area (Å²) in [7, 11) is 1.48. The Kier molecular flexibility index (Phi) is 9.12. The van der Waals surface area contributed by atoms with Crippen molar-refractivity contribution in [3.63, 3.8) is 0 Å². The molecule has 1 aromatic carbocycles. The van der Waals surface area contributed by atoms with Gasteiger partial charge >= 0.3 is 0 Å². The monoisotopic (exact) mass is 542 g/mol. The molecule has 3 aromatic rings. The Morgan fingerprint density at radius 1 is 1.23 bits per heavy atom. The number of aliphatic hydroxyl groups excluding tert-OH is 2. The van der Waals surface area contributed by atoms with E-state index < -0.39 is 54.4 Å². The summed E-state index contributed by atoms with van der Waals surface area (Å²) in [4.78, 5) is 34.2. The molecule has 4 rings (SSSR count). The Hall–Kier alpha value is -4.00. The summed E-state index contributed by atoms with van der Waals surface area (Å²) in [5.74, 6) is -2.03. The number of hydrogen-bond donors (Lipinski definition) is 4. The van der Waals surface area contributed by atoms with Crippen LogP contribution in [0.3, 0.4) is 0 Å². The summed E-state index contributed by atoms with van der Waals surface area (Å²) in [6.45, 7) is -0.535. The van der Waals surface area contributed by atoms with E-state index in [9.17, 15) is 28.6 Å². The number of benzene rings is 1. The first-order valence-corrected chi connectivity index (χ1v) is 12.3. The molecule has 0 saturated carbocycles. The molecule has 2 aromatic heterocycles. The summed E-state index contributed by atoms with van der Waals surface area (Å²) >= 11 is 0. The van der Waals surface area contributed by atoms with Crippen LogP contribution < -0.4 is 15.4 Å². The minimum absolute atomic E-state index is 0.0512. The van der Waals surface area contributed by atoms with Crippen LogP contribution >= 0.6 is 0 Å². The van der Waals surface area contributed by atoms with Gasteiger partial charge in [0.25, 0.3) is 5.91 Å². The first kappa shape index (κ1) is 28.0. The number of fused-ring (bicyclic) bond motifs is 1. The molecule has 1 unspecified atom stereocenters. The number of methoxy groups -OCH3 is 1. The predicted molar refractivity (Wildman–Crippen MR) is 138 cm³/mol. The van der Waals surface area contributed by atoms with Gasteiger partial charge in [0, 0.05) is 30.3 Å². The summed E-state index contributed by atoms with van der Waals surface area (Å²) < 4.78 is 38.4. The number of amides is 2. The second kappa shape index (κ2) is 12.7. The molecule has 3 heterocycles. The molecule has 4 N–H and O–H groups in total. The van der Waals surface area contributed by atoms with Crippen molar-refractivity contribution in [2.24, 2.45) is 0 Å². The molecule has 1 aliphatic rings. The molecule has 0 radical (unpaired) electrons. The molecular formula is C27H28F2N4O6. The van der Waals surface area contributed by atoms with Gasteiger partial charge in [-0.15, -0.1) is 0 Å². The number of ether oxygens (including phenoxy) is 2. The zero-order valence-corrected chi connectivity index (χ0v) is 21.0. The van der Waals surface area contributed by atoms with Gasteiger partial charge in [-0.25, -0.2) is 13.8 Å². The lowest BCUT2D eigenvalue weighted by Crippen LogP contribution is -2.52. The van der Waals surface area contributed by atoms with Crippen LogP contribution in [0.15, 0.2) is 48.7 Å². The third-order valence-corrected chi connectivity index (χ3v) is 6.26. The number of carbonyl (C=O) groups is 2. The number of aliphatic hydroxyl groups is 2. The first-order chi connectivity index (χ1) is 18.8. The van der Waals surface area contributed by atoms with E-state index in [0.29, 0.717) is 29.0 Å². The van der Waals surface area contributed by atoms with Gasteiger partial charge in [0.15, 0.2) is 0 Å². The third kappa shape index (κ3) is 7.11. The third-order valence-electron chi connectivity index (χ3n) is 6.26. The molecule has 1 aliphatic heterocycles. The van der Waals surface area contributed by atoms with Crippen LogP contribution in [0.5, 0.6) is 5.88 Å². The van der Waals surface area contributed by atoms with Crippen molar-refractivity contribution >= 4 is 34.6 Å². The lowest BCUT2D eigenvalue weighted by atomic mass is 9.94. The van der Waals surface area contributed by atoms with Gasteiger partial charge in [0.1, 0.15) is 23.3 Å². The number of nitrogens with zero attached hydrogens (tertiary/aromatic N) is 2. The molecular weight excluding hydrogens is 514 g/mol. The van der Waals surface area contributed by atoms with Crippen molar-refractivity contribution in [2.45, 2.75) is 43.6 Å². The second-order valence-corrected chi connectivity index (χ2v) is 9.00. The molecule has 1 saturated heterocycles. The summed E-state index contributed by atoms with van der Waals surface area (Å²) in [6, 6.07) is 7.24. The van der Waals surface area contributed by atoms with E-state index in [2.05, 4.69) is 20.6 Å². The van der Waals surface area contributed by atoms with E-state index in [-0.39, 0.29) is 18.4 Å². The van der Waals surface area contributed by atoms with Crippen LogP contribution in [0.4, 0.5) is 14.5 Å². The van der Waals surface area contributed by atoms with Crippen LogP contribution in [-0.4, -0.2) is 70.1 Å². The predicted octanol–water partition coefficient (Wildman–Crippen LogP) is 2.34. The Morgan fingerprint density at radius 3 is 2.82 bits per heavy atom. The van der Waals surface area contributed by atoms with E-state index in [1.807, 2.05) is 0 Å². The van der Waals surface area contributed by atoms with Crippen LogP contribution in [0, 0.1) is 11.6 Å². The zero-order chi connectivity index (χ0) is 27.9. The van der Waals surface area contributed by atoms with E-state index in [1.54, 1.807) is 18.2 Å². The number of hydrogen-bond acceptors (Lipinski definition) is 8. The topological polar surface area (TPSA) is 143 Å². The molecule has 1 fully saturated rings. The van der Waals surface area contributed by atoms with Crippen LogP contribution in [0.2, 0.25) is 0 Å². The van der Waals surface area contributed by atoms with Crippen LogP contribution in [0.25, 0.3) is 17.1 Å². The second-order valence-electron chi connectivity index (χ2n) is 9.00. The van der Waals surface area contributed by atoms with Crippen molar-refractivity contribution in [3.8, 4) is 5.88 Å². The highest BCUT2D eigenvalue weighted by Crippen LogP contribution is 2.27. The summed E-state index contributed by atoms with van der Waals surface area (Å²) in [6.07, 6.45) is 1.37. The largest absolute Gasteiger partial charge is 0.481 e. The van der Waals surface area contributed by atoms with Crippen molar-refractivity contribution in [3.05, 3.63) is 65.9 Å². The van der Waals surface area contributed by atoms with Gasteiger partial charge in [-0.3, -0.25) is 14.6 Å². The van der Waals surface area contributed by atoms with Crippen molar-refractivity contribution < 1.29 is 38.1 Å². The van der Waals surface area contributed by atoms with Crippen LogP contribution in [-0.2, 0) is 14.3 Å². The van der Waals surface area contributed by atoms with Crippen molar-refractivity contribution in [1.82, 2.24) is 15.3 Å². The number of carbonyl (C=O) groups excluding carboxylic acids is 2. The summed E-state index contributed by atoms with van der Waals surface area (Å²) in [5, 5.41) is 24.9. The maximum atomic E-state index is 13.8. The van der Waals surface area contributed by atoms with E-state index in [1.165, 1.54) is 13.3 Å². The molecule has 2 amide bonds. The standard InChI is InChI=1S/C27H28F2N4O6/c1-38-25-9-6-20-26(33-25)21(10-11-30-20)32-27(37)22-7-5-19(23(39-22)13-17(35)14-34)31-24(36)8-2-15-12-16(28)3-4-18(15)29/h2-4,6,8-12,17,19,22-23,34-35H,5,7,13-14H2,1H3,(H,31,36)(H,30,32,37)/b8-2+/t17?,19-,22+,23-/m1/s1. The molecule has 4 atom stereocenters. The van der Waals surface area contributed by atoms with E-state index in [4.69, 9.17) is 9.47 Å². The van der Waals surface area contributed by atoms with Gasteiger partial charge in [0.2, 0.25) is 11.8 Å². The SMILES string of the molecule is COc1ccc2nccc(NC(=O)[C@@H]3CC[C@@H](NC(=O)/C=C/c4cc(F)ccc4F)[C@@H](CC(O)CO)O3)c2n1. The van der Waals surface area contributed by atoms with E-state index >= 15 is 0 Å². The Bertz CT molecular complexity index is 1370. The quantitative estimate of drug-likeness (QED) is 0.302. The van der Waals surface area contributed by atoms with Crippen molar-refractivity contribution in [1.29, 1.82) is 0 Å². The summed E-state index contributed by atoms with van der Waals surface area (Å²) in [5.41, 5.74) is 1.30. The number of rotatable bonds is 9. The maximum absolute atomic E-state index is 13.8. The Labute approximate surface area is 222 Å². The normalized spacial score (nSPS) is 20.1. The average Bonchev–Trinajstić information content (AvgIpc) is 2.94. The highest BCUT2D eigenvalue weighted by atomic mass is 19.1. The van der Waals surface area contributed by atoms with Crippen molar-refractivity contribution in [2.75, 3.05) is 19.0 Å². The highest BCUT2D eigenvalue weighted by Gasteiger charge is 2.36. The first-order valence-electron chi connectivity index (χ1n) is 12.3. The molecule has 206 valence electrons. The Morgan fingerprint density at radius 2 is 2.05 bits per heavy atom. The number of anilines is 1. The van der Waals surface area contributed by atoms with Gasteiger partial charge in [0.05, 0.1) is 43.2 Å². The molecule has 12 heteroatoms. The lowest BCUT2D eigenvalue weighted by Gasteiger charge is -2.37. The van der Waals surface area contributed by atoms with Gasteiger partial charge in [-0.05, 0) is 49.2 Å². The molecule has 0 spiro atoms. The molecule has 0 aliphatic carbocycles. The maximum Gasteiger partial charge on any atom is 0.253 e. The smallest absolute Gasteiger partial charge is 0.253 e. The van der Waals surface area contributed by atoms with Gasteiger partial charge < -0.3 is 30.3 Å². The fourth-order valence-corrected chi connectivity index (χ4v) is 4.28. The molecule has 10 nitrogen and oxygen atoms in total. The Balaban J connectivity index is 1.44. The molecule has 39 heavy (non-hydrogen) atoms. The number of pyridine rings is 2. The van der Waals surface area contributed by atoms with Crippen LogP contribution in [0.1, 0.15) is 24.8 Å². The number of nitrogens with one attached hydrogen (secondary N) is 2. The zero-order valence-electron chi connectivity index (χ0n) is 21.0. The minimum atomic E-state index is -1.14. The van der Waals surface area contributed by atoms with E-state index in [0.717, 1.165) is 30.4 Å². The fraction of sp³-hybridized carbons (Fsp3) is 0.333. The van der Waals surface area contributed by atoms with Gasteiger partial charge in [-0.1, -0.05) is 0 Å². The highest BCUT2D eigenvalue weighted by molar-refractivity contribution is 6.01. The number of aromatic nitrogens is 2. The fourth-order valence-electron chi connectivity index (χ4n) is 4.28. The minimum Gasteiger partial charge on any atom is -0.481 e. The average molecular weight is 543 g/mol. The number of halogens is 2.